The van der Waals surface area contributed by atoms with Crippen LogP contribution < -0.4 is 0 Å². The summed E-state index contributed by atoms with van der Waals surface area (Å²) in [6.45, 7) is 6.19. The number of carbonyl (C=O) groups excluding carboxylic acids is 1. The quantitative estimate of drug-likeness (QED) is 0.768. The van der Waals surface area contributed by atoms with Gasteiger partial charge in [-0.2, -0.15) is 0 Å². The molecule has 0 aromatic carbocycles. The normalized spacial score (nSPS) is 39.3. The molecule has 0 saturated heterocycles. The van der Waals surface area contributed by atoms with Gasteiger partial charge in [-0.15, -0.1) is 0 Å². The Labute approximate surface area is 107 Å². The molecule has 18 heavy (non-hydrogen) atoms. The molecule has 0 spiro atoms. The van der Waals surface area contributed by atoms with Gasteiger partial charge in [0.1, 0.15) is 11.5 Å². The van der Waals surface area contributed by atoms with Crippen molar-refractivity contribution in [2.45, 2.75) is 46.1 Å². The van der Waals surface area contributed by atoms with Crippen LogP contribution in [0.15, 0.2) is 10.7 Å². The summed E-state index contributed by atoms with van der Waals surface area (Å²) in [7, 11) is 0. The average Bonchev–Trinajstić information content (AvgIpc) is 2.70. The third kappa shape index (κ3) is 1.31. The fourth-order valence-corrected chi connectivity index (χ4v) is 3.86. The number of aliphatic hydroxyl groups excluding tert-OH is 1. The number of aliphatic hydroxyl groups is 1. The van der Waals surface area contributed by atoms with Gasteiger partial charge < -0.3 is 9.52 Å². The Morgan fingerprint density at radius 3 is 2.94 bits per heavy atom. The van der Waals surface area contributed by atoms with Crippen molar-refractivity contribution in [3.05, 3.63) is 23.2 Å². The van der Waals surface area contributed by atoms with Gasteiger partial charge in [0.2, 0.25) is 0 Å². The zero-order chi connectivity index (χ0) is 13.1. The molecule has 0 amide bonds. The molecule has 1 saturated carbocycles. The molecule has 1 heterocycles. The van der Waals surface area contributed by atoms with E-state index in [2.05, 4.69) is 13.8 Å². The van der Waals surface area contributed by atoms with Crippen molar-refractivity contribution in [3.63, 3.8) is 0 Å². The van der Waals surface area contributed by atoms with Crippen molar-refractivity contribution < 1.29 is 14.3 Å². The lowest BCUT2D eigenvalue weighted by atomic mass is 9.54. The van der Waals surface area contributed by atoms with Crippen LogP contribution in [0.25, 0.3) is 0 Å². The molecule has 4 unspecified atom stereocenters. The Kier molecular flexibility index (Phi) is 2.46. The largest absolute Gasteiger partial charge is 0.469 e. The van der Waals surface area contributed by atoms with Crippen LogP contribution >= 0.6 is 0 Å². The van der Waals surface area contributed by atoms with Gasteiger partial charge in [-0.05, 0) is 24.8 Å². The van der Waals surface area contributed by atoms with Crippen LogP contribution in [0.4, 0.5) is 0 Å². The summed E-state index contributed by atoms with van der Waals surface area (Å²) < 4.78 is 5.52. The van der Waals surface area contributed by atoms with Gasteiger partial charge in [0, 0.05) is 29.7 Å². The first-order valence-electron chi connectivity index (χ1n) is 6.74. The van der Waals surface area contributed by atoms with E-state index in [1.165, 1.54) is 0 Å². The van der Waals surface area contributed by atoms with Crippen molar-refractivity contribution >= 4 is 5.78 Å². The average molecular weight is 248 g/mol. The lowest BCUT2D eigenvalue weighted by Gasteiger charge is -2.50. The molecule has 1 aromatic heterocycles. The summed E-state index contributed by atoms with van der Waals surface area (Å²) in [5.74, 6) is 1.37. The van der Waals surface area contributed by atoms with Crippen LogP contribution in [0.5, 0.6) is 0 Å². The maximum atomic E-state index is 12.2. The van der Waals surface area contributed by atoms with Crippen LogP contribution in [0.3, 0.4) is 0 Å². The molecule has 4 atom stereocenters. The summed E-state index contributed by atoms with van der Waals surface area (Å²) in [6, 6.07) is 0. The molecule has 3 heteroatoms. The van der Waals surface area contributed by atoms with E-state index >= 15 is 0 Å². The Balaban J connectivity index is 2.15. The third-order valence-corrected chi connectivity index (χ3v) is 5.38. The van der Waals surface area contributed by atoms with E-state index in [1.807, 2.05) is 6.92 Å². The second kappa shape index (κ2) is 3.70. The minimum Gasteiger partial charge on any atom is -0.469 e. The second-order valence-corrected chi connectivity index (χ2v) is 6.19. The molecule has 0 aliphatic heterocycles. The highest BCUT2D eigenvalue weighted by Crippen LogP contribution is 2.56. The first-order valence-corrected chi connectivity index (χ1v) is 6.74. The highest BCUT2D eigenvalue weighted by Gasteiger charge is 2.55. The topological polar surface area (TPSA) is 50.4 Å². The van der Waals surface area contributed by atoms with Gasteiger partial charge in [0.05, 0.1) is 12.4 Å². The number of aryl methyl sites for hydroxylation is 1. The molecule has 98 valence electrons. The van der Waals surface area contributed by atoms with Crippen molar-refractivity contribution in [2.75, 3.05) is 0 Å². The summed E-state index contributed by atoms with van der Waals surface area (Å²) in [4.78, 5) is 12.2. The number of Topliss-reactive ketones (excluding diaryl/α,β-unsaturated/α-hetero) is 1. The molecular weight excluding hydrogens is 228 g/mol. The lowest BCUT2D eigenvalue weighted by Crippen LogP contribution is -2.50. The van der Waals surface area contributed by atoms with E-state index in [0.29, 0.717) is 18.8 Å². The fraction of sp³-hybridized carbons (Fsp3) is 0.667. The predicted octanol–water partition coefficient (Wildman–Crippen LogP) is 2.80. The zero-order valence-electron chi connectivity index (χ0n) is 11.2. The minimum absolute atomic E-state index is 0.0886. The van der Waals surface area contributed by atoms with Crippen LogP contribution in [-0.2, 0) is 11.2 Å². The first-order chi connectivity index (χ1) is 8.46. The number of hydrogen-bond acceptors (Lipinski definition) is 3. The van der Waals surface area contributed by atoms with E-state index < -0.39 is 6.10 Å². The van der Waals surface area contributed by atoms with Crippen molar-refractivity contribution in [1.29, 1.82) is 0 Å². The first kappa shape index (κ1) is 12.0. The molecule has 1 fully saturated rings. The molecular formula is C15H20O3. The predicted molar refractivity (Wildman–Crippen MR) is 67.1 cm³/mol. The van der Waals surface area contributed by atoms with E-state index in [-0.39, 0.29) is 17.1 Å². The van der Waals surface area contributed by atoms with Crippen molar-refractivity contribution in [2.24, 2.45) is 17.3 Å². The van der Waals surface area contributed by atoms with Crippen LogP contribution in [-0.4, -0.2) is 10.9 Å². The van der Waals surface area contributed by atoms with Crippen LogP contribution in [0.1, 0.15) is 49.7 Å². The second-order valence-electron chi connectivity index (χ2n) is 6.19. The fourth-order valence-electron chi connectivity index (χ4n) is 3.86. The maximum Gasteiger partial charge on any atom is 0.137 e. The molecule has 0 bridgehead atoms. The minimum atomic E-state index is -0.579. The highest BCUT2D eigenvalue weighted by atomic mass is 16.3. The smallest absolute Gasteiger partial charge is 0.137 e. The Morgan fingerprint density at radius 2 is 2.22 bits per heavy atom. The van der Waals surface area contributed by atoms with Gasteiger partial charge in [0.25, 0.3) is 0 Å². The molecule has 0 radical (unpaired) electrons. The number of fused-ring (bicyclic) bond motifs is 2. The van der Waals surface area contributed by atoms with Gasteiger partial charge in [-0.3, -0.25) is 4.79 Å². The Bertz CT molecular complexity index is 502. The zero-order valence-corrected chi connectivity index (χ0v) is 11.2. The monoisotopic (exact) mass is 248 g/mol. The molecule has 2 aliphatic carbocycles. The lowest BCUT2D eigenvalue weighted by molar-refractivity contribution is -0.145. The number of carbonyl (C=O) groups is 1. The van der Waals surface area contributed by atoms with Gasteiger partial charge in [-0.25, -0.2) is 0 Å². The SMILES string of the molecule is Cc1coc2c1C(O)C1(C)C(C)CCC(=O)C1C2. The van der Waals surface area contributed by atoms with E-state index in [1.54, 1.807) is 6.26 Å². The Morgan fingerprint density at radius 1 is 1.50 bits per heavy atom. The number of furan rings is 1. The van der Waals surface area contributed by atoms with E-state index in [9.17, 15) is 9.90 Å². The van der Waals surface area contributed by atoms with E-state index in [4.69, 9.17) is 4.42 Å². The molecule has 1 N–H and O–H groups in total. The summed E-state index contributed by atoms with van der Waals surface area (Å²) in [6.07, 6.45) is 3.30. The van der Waals surface area contributed by atoms with Crippen LogP contribution in [0, 0.1) is 24.2 Å². The summed E-state index contributed by atoms with van der Waals surface area (Å²) in [5.41, 5.74) is 1.59. The summed E-state index contributed by atoms with van der Waals surface area (Å²) in [5, 5.41) is 10.8. The molecule has 3 nitrogen and oxygen atoms in total. The van der Waals surface area contributed by atoms with Crippen LogP contribution in [0.2, 0.25) is 0 Å². The van der Waals surface area contributed by atoms with Crippen molar-refractivity contribution in [3.8, 4) is 0 Å². The van der Waals surface area contributed by atoms with Gasteiger partial charge in [0.15, 0.2) is 0 Å². The number of hydrogen-bond donors (Lipinski definition) is 1. The van der Waals surface area contributed by atoms with Gasteiger partial charge in [-0.1, -0.05) is 13.8 Å². The maximum absolute atomic E-state index is 12.2. The number of rotatable bonds is 0. The standard InChI is InChI=1S/C15H20O3/c1-8-7-18-12-6-10-11(16)5-4-9(2)15(10,3)14(17)13(8)12/h7,9-10,14,17H,4-6H2,1-3H3. The van der Waals surface area contributed by atoms with Gasteiger partial charge >= 0.3 is 0 Å². The molecule has 1 aromatic rings. The molecule has 3 rings (SSSR count). The third-order valence-electron chi connectivity index (χ3n) is 5.38. The highest BCUT2D eigenvalue weighted by molar-refractivity contribution is 5.83. The Hall–Kier alpha value is -1.09. The molecule has 2 aliphatic rings. The number of ketones is 1. The van der Waals surface area contributed by atoms with E-state index in [0.717, 1.165) is 23.3 Å². The summed E-state index contributed by atoms with van der Waals surface area (Å²) >= 11 is 0. The van der Waals surface area contributed by atoms with Crippen molar-refractivity contribution in [1.82, 2.24) is 0 Å².